The Morgan fingerprint density at radius 1 is 0.851 bits per heavy atom. The molecule has 2 aromatic rings. The Labute approximate surface area is 281 Å². The van der Waals surface area contributed by atoms with Crippen molar-refractivity contribution in [2.24, 2.45) is 11.8 Å². The first-order valence-electron chi connectivity index (χ1n) is 17.5. The Balaban J connectivity index is 1.56. The lowest BCUT2D eigenvalue weighted by molar-refractivity contribution is -0.140. The molecule has 1 heterocycles. The minimum absolute atomic E-state index is 0.00681. The van der Waals surface area contributed by atoms with Crippen molar-refractivity contribution in [3.05, 3.63) is 71.8 Å². The fourth-order valence-electron chi connectivity index (χ4n) is 6.95. The van der Waals surface area contributed by atoms with Crippen LogP contribution in [0.2, 0.25) is 0 Å². The summed E-state index contributed by atoms with van der Waals surface area (Å²) in [7, 11) is 1.96. The maximum Gasteiger partial charge on any atom is 0.407 e. The number of piperidine rings is 1. The second kappa shape index (κ2) is 17.6. The summed E-state index contributed by atoms with van der Waals surface area (Å²) in [5.74, 6) is -0.769. The summed E-state index contributed by atoms with van der Waals surface area (Å²) in [6.07, 6.45) is 6.06. The normalized spacial score (nSPS) is 18.9. The molecule has 47 heavy (non-hydrogen) atoms. The molecule has 1 aliphatic carbocycles. The quantitative estimate of drug-likeness (QED) is 0.243. The number of nitrogens with one attached hydrogen (secondary N) is 3. The molecule has 3 amide bonds. The van der Waals surface area contributed by atoms with Crippen LogP contribution in [-0.2, 0) is 27.2 Å². The smallest absolute Gasteiger partial charge is 0.407 e. The number of aliphatic hydroxyl groups is 1. The van der Waals surface area contributed by atoms with Crippen LogP contribution in [-0.4, -0.2) is 77.9 Å². The van der Waals surface area contributed by atoms with E-state index in [4.69, 9.17) is 4.74 Å². The molecular formula is C38H56N4O5. The minimum Gasteiger partial charge on any atom is -0.444 e. The third-order valence-corrected chi connectivity index (χ3v) is 9.59. The van der Waals surface area contributed by atoms with E-state index in [1.807, 2.05) is 72.6 Å². The van der Waals surface area contributed by atoms with Gasteiger partial charge in [0, 0.05) is 25.0 Å². The number of ether oxygens (including phenoxy) is 1. The van der Waals surface area contributed by atoms with Gasteiger partial charge in [-0.25, -0.2) is 4.79 Å². The molecule has 2 fully saturated rings. The summed E-state index contributed by atoms with van der Waals surface area (Å²) in [6.45, 7) is 6.73. The lowest BCUT2D eigenvalue weighted by Crippen LogP contribution is -2.56. The van der Waals surface area contributed by atoms with E-state index >= 15 is 0 Å². The standard InChI is InChI=1S/C38H56N4O5/c1-38(2,3)47-37(46)40-32(25-28-16-10-6-11-17-28)33(43)26-30(24-27-14-8-5-9-15-27)35(44)41-34(29-18-12-7-13-19-29)36(45)42-22-20-31(39-4)21-23-42/h5-6,8-11,14-17,29-34,39,43H,7,12-13,18-26H2,1-4H3,(H,40,46)(H,41,44)/t30-,32-,33+,34-/m0/s1. The van der Waals surface area contributed by atoms with Crippen LogP contribution in [0.5, 0.6) is 0 Å². The number of hydrogen-bond donors (Lipinski definition) is 4. The number of amides is 3. The number of carbonyl (C=O) groups is 3. The van der Waals surface area contributed by atoms with Crippen molar-refractivity contribution in [3.8, 4) is 0 Å². The first-order chi connectivity index (χ1) is 22.5. The van der Waals surface area contributed by atoms with Gasteiger partial charge >= 0.3 is 6.09 Å². The van der Waals surface area contributed by atoms with Gasteiger partial charge in [-0.3, -0.25) is 9.59 Å². The lowest BCUT2D eigenvalue weighted by atomic mass is 9.82. The van der Waals surface area contributed by atoms with Gasteiger partial charge in [0.2, 0.25) is 11.8 Å². The van der Waals surface area contributed by atoms with Gasteiger partial charge in [-0.05, 0) is 89.8 Å². The summed E-state index contributed by atoms with van der Waals surface area (Å²) in [4.78, 5) is 43.2. The molecular weight excluding hydrogens is 592 g/mol. The molecule has 0 aromatic heterocycles. The van der Waals surface area contributed by atoms with E-state index in [1.165, 1.54) is 0 Å². The molecule has 9 heteroatoms. The van der Waals surface area contributed by atoms with Gasteiger partial charge in [0.15, 0.2) is 0 Å². The third-order valence-electron chi connectivity index (χ3n) is 9.59. The highest BCUT2D eigenvalue weighted by atomic mass is 16.6. The molecule has 0 unspecified atom stereocenters. The van der Waals surface area contributed by atoms with Crippen molar-refractivity contribution in [1.82, 2.24) is 20.9 Å². The highest BCUT2D eigenvalue weighted by Gasteiger charge is 2.37. The monoisotopic (exact) mass is 648 g/mol. The van der Waals surface area contributed by atoms with Gasteiger partial charge in [0.1, 0.15) is 11.6 Å². The van der Waals surface area contributed by atoms with Gasteiger partial charge in [0.05, 0.1) is 12.1 Å². The van der Waals surface area contributed by atoms with Crippen LogP contribution in [0.3, 0.4) is 0 Å². The summed E-state index contributed by atoms with van der Waals surface area (Å²) >= 11 is 0. The van der Waals surface area contributed by atoms with Gasteiger partial charge < -0.3 is 30.7 Å². The Kier molecular flexibility index (Phi) is 13.7. The van der Waals surface area contributed by atoms with Gasteiger partial charge in [-0.2, -0.15) is 0 Å². The second-order valence-corrected chi connectivity index (χ2v) is 14.4. The number of hydrogen-bond acceptors (Lipinski definition) is 6. The van der Waals surface area contributed by atoms with Crippen molar-refractivity contribution in [2.45, 2.75) is 115 Å². The zero-order valence-electron chi connectivity index (χ0n) is 28.8. The number of alkyl carbamates (subject to hydrolysis) is 1. The zero-order chi connectivity index (χ0) is 33.8. The number of rotatable bonds is 13. The molecule has 1 aliphatic heterocycles. The van der Waals surface area contributed by atoms with E-state index in [0.29, 0.717) is 32.0 Å². The molecule has 0 spiro atoms. The van der Waals surface area contributed by atoms with E-state index in [9.17, 15) is 19.5 Å². The van der Waals surface area contributed by atoms with Gasteiger partial charge in [0.25, 0.3) is 0 Å². The number of aliphatic hydroxyl groups excluding tert-OH is 1. The van der Waals surface area contributed by atoms with Crippen molar-refractivity contribution in [3.63, 3.8) is 0 Å². The minimum atomic E-state index is -1.05. The third kappa shape index (κ3) is 11.6. The number of carbonyl (C=O) groups excluding carboxylic acids is 3. The molecule has 2 aliphatic rings. The topological polar surface area (TPSA) is 120 Å². The van der Waals surface area contributed by atoms with E-state index in [0.717, 1.165) is 56.1 Å². The fourth-order valence-corrected chi connectivity index (χ4v) is 6.95. The maximum absolute atomic E-state index is 14.3. The molecule has 9 nitrogen and oxygen atoms in total. The summed E-state index contributed by atoms with van der Waals surface area (Å²) in [5, 5.41) is 21.2. The highest BCUT2D eigenvalue weighted by molar-refractivity contribution is 5.89. The fraction of sp³-hybridized carbons (Fsp3) is 0.605. The Morgan fingerprint density at radius 3 is 1.98 bits per heavy atom. The first-order valence-corrected chi connectivity index (χ1v) is 17.5. The molecule has 1 saturated carbocycles. The lowest BCUT2D eigenvalue weighted by Gasteiger charge is -2.38. The summed E-state index contributed by atoms with van der Waals surface area (Å²) in [5.41, 5.74) is 1.21. The molecule has 4 N–H and O–H groups in total. The number of likely N-dealkylation sites (tertiary alicyclic amines) is 1. The SMILES string of the molecule is CNC1CCN(C(=O)[C@@H](NC(=O)[C@@H](Cc2ccccc2)C[C@@H](O)[C@H](Cc2ccccc2)NC(=O)OC(C)(C)C)C2CCCCC2)CC1. The Bertz CT molecular complexity index is 1250. The van der Waals surface area contributed by atoms with Crippen LogP contribution in [0.1, 0.15) is 83.3 Å². The predicted octanol–water partition coefficient (Wildman–Crippen LogP) is 5.01. The van der Waals surface area contributed by atoms with Crippen molar-refractivity contribution < 1.29 is 24.2 Å². The highest BCUT2D eigenvalue weighted by Crippen LogP contribution is 2.29. The van der Waals surface area contributed by atoms with E-state index < -0.39 is 35.8 Å². The molecule has 0 bridgehead atoms. The number of nitrogens with zero attached hydrogens (tertiary/aromatic N) is 1. The van der Waals surface area contributed by atoms with Crippen LogP contribution < -0.4 is 16.0 Å². The second-order valence-electron chi connectivity index (χ2n) is 14.4. The van der Waals surface area contributed by atoms with Crippen molar-refractivity contribution in [1.29, 1.82) is 0 Å². The Hall–Kier alpha value is -3.43. The largest absolute Gasteiger partial charge is 0.444 e. The van der Waals surface area contributed by atoms with Crippen LogP contribution in [0.25, 0.3) is 0 Å². The predicted molar refractivity (Wildman–Crippen MR) is 185 cm³/mol. The average molecular weight is 649 g/mol. The summed E-state index contributed by atoms with van der Waals surface area (Å²) < 4.78 is 5.54. The van der Waals surface area contributed by atoms with Crippen LogP contribution in [0, 0.1) is 11.8 Å². The van der Waals surface area contributed by atoms with Gasteiger partial charge in [-0.1, -0.05) is 79.9 Å². The first kappa shape index (κ1) is 36.4. The van der Waals surface area contributed by atoms with Crippen molar-refractivity contribution in [2.75, 3.05) is 20.1 Å². The van der Waals surface area contributed by atoms with E-state index in [-0.39, 0.29) is 24.2 Å². The van der Waals surface area contributed by atoms with Crippen LogP contribution in [0.4, 0.5) is 4.79 Å². The van der Waals surface area contributed by atoms with E-state index in [1.54, 1.807) is 20.8 Å². The van der Waals surface area contributed by atoms with E-state index in [2.05, 4.69) is 16.0 Å². The molecule has 258 valence electrons. The molecule has 0 radical (unpaired) electrons. The Morgan fingerprint density at radius 2 is 1.43 bits per heavy atom. The molecule has 4 atom stereocenters. The molecule has 2 aromatic carbocycles. The molecule has 1 saturated heterocycles. The van der Waals surface area contributed by atoms with Crippen LogP contribution in [0.15, 0.2) is 60.7 Å². The number of benzene rings is 2. The molecule has 4 rings (SSSR count). The maximum atomic E-state index is 14.3. The average Bonchev–Trinajstić information content (AvgIpc) is 3.06. The summed E-state index contributed by atoms with van der Waals surface area (Å²) in [6, 6.07) is 18.5. The van der Waals surface area contributed by atoms with Gasteiger partial charge in [-0.15, -0.1) is 0 Å². The van der Waals surface area contributed by atoms with Crippen molar-refractivity contribution >= 4 is 17.9 Å². The zero-order valence-corrected chi connectivity index (χ0v) is 28.8. The van der Waals surface area contributed by atoms with Crippen LogP contribution >= 0.6 is 0 Å².